The summed E-state index contributed by atoms with van der Waals surface area (Å²) < 4.78 is 5.21. The van der Waals surface area contributed by atoms with Gasteiger partial charge in [0, 0.05) is 5.56 Å². The Morgan fingerprint density at radius 1 is 1.43 bits per heavy atom. The Bertz CT molecular complexity index is 393. The normalized spacial score (nSPS) is 9.64. The standard InChI is InChI=1S/C11H12ClNO/c1-7-6-8(2)10(12)11(14-3)9(7)4-5-13/h6H,4H2,1-3H3. The van der Waals surface area contributed by atoms with Gasteiger partial charge >= 0.3 is 0 Å². The molecule has 0 bridgehead atoms. The molecule has 0 heterocycles. The molecule has 2 nitrogen and oxygen atoms in total. The summed E-state index contributed by atoms with van der Waals surface area (Å²) in [5.74, 6) is 0.630. The zero-order valence-corrected chi connectivity index (χ0v) is 9.27. The number of nitriles is 1. The van der Waals surface area contributed by atoms with Gasteiger partial charge in [0.2, 0.25) is 0 Å². The van der Waals surface area contributed by atoms with Gasteiger partial charge in [-0.15, -0.1) is 0 Å². The fourth-order valence-corrected chi connectivity index (χ4v) is 1.72. The van der Waals surface area contributed by atoms with Gasteiger partial charge in [0.1, 0.15) is 5.75 Å². The van der Waals surface area contributed by atoms with Crippen molar-refractivity contribution in [2.75, 3.05) is 7.11 Å². The van der Waals surface area contributed by atoms with E-state index >= 15 is 0 Å². The van der Waals surface area contributed by atoms with Gasteiger partial charge in [-0.25, -0.2) is 0 Å². The van der Waals surface area contributed by atoms with Crippen LogP contribution >= 0.6 is 11.6 Å². The Morgan fingerprint density at radius 3 is 2.57 bits per heavy atom. The van der Waals surface area contributed by atoms with Gasteiger partial charge in [0.15, 0.2) is 0 Å². The van der Waals surface area contributed by atoms with E-state index in [1.54, 1.807) is 7.11 Å². The first kappa shape index (κ1) is 10.9. The summed E-state index contributed by atoms with van der Waals surface area (Å²) in [6, 6.07) is 4.08. The largest absolute Gasteiger partial charge is 0.495 e. The van der Waals surface area contributed by atoms with Crippen LogP contribution in [0.15, 0.2) is 6.07 Å². The zero-order valence-electron chi connectivity index (χ0n) is 8.52. The molecule has 74 valence electrons. The minimum atomic E-state index is 0.328. The van der Waals surface area contributed by atoms with Crippen molar-refractivity contribution in [1.82, 2.24) is 0 Å². The summed E-state index contributed by atoms with van der Waals surface area (Å²) in [5.41, 5.74) is 2.90. The molecule has 1 rings (SSSR count). The van der Waals surface area contributed by atoms with Crippen LogP contribution in [0.1, 0.15) is 16.7 Å². The van der Waals surface area contributed by atoms with E-state index in [2.05, 4.69) is 6.07 Å². The number of hydrogen-bond acceptors (Lipinski definition) is 2. The first-order valence-electron chi connectivity index (χ1n) is 4.31. The Morgan fingerprint density at radius 2 is 2.07 bits per heavy atom. The Kier molecular flexibility index (Phi) is 3.38. The van der Waals surface area contributed by atoms with E-state index in [0.29, 0.717) is 17.2 Å². The number of aryl methyl sites for hydroxylation is 2. The molecule has 14 heavy (non-hydrogen) atoms. The zero-order chi connectivity index (χ0) is 10.7. The van der Waals surface area contributed by atoms with Gasteiger partial charge in [-0.2, -0.15) is 5.26 Å². The molecule has 0 aliphatic rings. The highest BCUT2D eigenvalue weighted by molar-refractivity contribution is 6.33. The lowest BCUT2D eigenvalue weighted by Crippen LogP contribution is -1.97. The lowest BCUT2D eigenvalue weighted by molar-refractivity contribution is 0.410. The molecular weight excluding hydrogens is 198 g/mol. The third-order valence-corrected chi connectivity index (χ3v) is 2.66. The van der Waals surface area contributed by atoms with E-state index in [1.165, 1.54) is 0 Å². The molecule has 0 aliphatic heterocycles. The second-order valence-electron chi connectivity index (χ2n) is 3.17. The number of methoxy groups -OCH3 is 1. The lowest BCUT2D eigenvalue weighted by atomic mass is 10.0. The van der Waals surface area contributed by atoms with E-state index in [9.17, 15) is 0 Å². The quantitative estimate of drug-likeness (QED) is 0.750. The summed E-state index contributed by atoms with van der Waals surface area (Å²) in [6.45, 7) is 3.88. The molecule has 0 unspecified atom stereocenters. The predicted molar refractivity (Wildman–Crippen MR) is 56.8 cm³/mol. The monoisotopic (exact) mass is 209 g/mol. The van der Waals surface area contributed by atoms with Gasteiger partial charge in [-0.1, -0.05) is 17.7 Å². The molecule has 1 aromatic rings. The Labute approximate surface area is 89.1 Å². The van der Waals surface area contributed by atoms with Crippen molar-refractivity contribution in [2.45, 2.75) is 20.3 Å². The third-order valence-electron chi connectivity index (χ3n) is 2.19. The number of benzene rings is 1. The topological polar surface area (TPSA) is 33.0 Å². The molecule has 0 atom stereocenters. The molecule has 1 aromatic carbocycles. The Balaban J connectivity index is 3.40. The highest BCUT2D eigenvalue weighted by atomic mass is 35.5. The minimum absolute atomic E-state index is 0.328. The smallest absolute Gasteiger partial charge is 0.142 e. The van der Waals surface area contributed by atoms with Crippen molar-refractivity contribution in [3.63, 3.8) is 0 Å². The average molecular weight is 210 g/mol. The summed E-state index contributed by atoms with van der Waals surface area (Å²) >= 11 is 6.07. The van der Waals surface area contributed by atoms with Crippen LogP contribution in [0.25, 0.3) is 0 Å². The van der Waals surface area contributed by atoms with Crippen molar-refractivity contribution in [2.24, 2.45) is 0 Å². The van der Waals surface area contributed by atoms with Crippen molar-refractivity contribution in [1.29, 1.82) is 5.26 Å². The van der Waals surface area contributed by atoms with Gasteiger partial charge in [0.05, 0.1) is 24.6 Å². The summed E-state index contributed by atoms with van der Waals surface area (Å²) in [7, 11) is 1.57. The maximum atomic E-state index is 8.68. The highest BCUT2D eigenvalue weighted by Gasteiger charge is 2.12. The molecular formula is C11H12ClNO. The van der Waals surface area contributed by atoms with Gasteiger partial charge in [0.25, 0.3) is 0 Å². The van der Waals surface area contributed by atoms with Crippen LogP contribution in [0.4, 0.5) is 0 Å². The molecule has 0 aliphatic carbocycles. The molecule has 0 amide bonds. The van der Waals surface area contributed by atoms with E-state index in [-0.39, 0.29) is 0 Å². The van der Waals surface area contributed by atoms with Gasteiger partial charge in [-0.3, -0.25) is 0 Å². The second-order valence-corrected chi connectivity index (χ2v) is 3.55. The maximum Gasteiger partial charge on any atom is 0.142 e. The van der Waals surface area contributed by atoms with Crippen molar-refractivity contribution < 1.29 is 4.74 Å². The highest BCUT2D eigenvalue weighted by Crippen LogP contribution is 2.34. The van der Waals surface area contributed by atoms with E-state index in [4.69, 9.17) is 21.6 Å². The molecule has 0 fully saturated rings. The number of rotatable bonds is 2. The fraction of sp³-hybridized carbons (Fsp3) is 0.364. The Hall–Kier alpha value is -1.20. The molecule has 0 saturated heterocycles. The molecule has 0 spiro atoms. The van der Waals surface area contributed by atoms with E-state index < -0.39 is 0 Å². The summed E-state index contributed by atoms with van der Waals surface area (Å²) in [4.78, 5) is 0. The minimum Gasteiger partial charge on any atom is -0.495 e. The van der Waals surface area contributed by atoms with Crippen LogP contribution in [0.2, 0.25) is 5.02 Å². The lowest BCUT2D eigenvalue weighted by Gasteiger charge is -2.12. The molecule has 0 radical (unpaired) electrons. The van der Waals surface area contributed by atoms with Gasteiger partial charge < -0.3 is 4.74 Å². The average Bonchev–Trinajstić information content (AvgIpc) is 2.15. The summed E-state index contributed by atoms with van der Waals surface area (Å²) in [5, 5.41) is 9.28. The van der Waals surface area contributed by atoms with Crippen molar-refractivity contribution >= 4 is 11.6 Å². The van der Waals surface area contributed by atoms with Crippen LogP contribution < -0.4 is 4.74 Å². The van der Waals surface area contributed by atoms with Crippen LogP contribution in [-0.4, -0.2) is 7.11 Å². The first-order valence-corrected chi connectivity index (χ1v) is 4.69. The van der Waals surface area contributed by atoms with Crippen LogP contribution in [0.3, 0.4) is 0 Å². The number of ether oxygens (including phenoxy) is 1. The first-order chi connectivity index (χ1) is 6.61. The molecule has 0 N–H and O–H groups in total. The molecule has 0 aromatic heterocycles. The van der Waals surface area contributed by atoms with E-state index in [1.807, 2.05) is 19.9 Å². The third kappa shape index (κ3) is 1.83. The van der Waals surface area contributed by atoms with E-state index in [0.717, 1.165) is 16.7 Å². The fourth-order valence-electron chi connectivity index (χ4n) is 1.48. The second kappa shape index (κ2) is 4.34. The SMILES string of the molecule is COc1c(Cl)c(C)cc(C)c1CC#N. The summed E-state index contributed by atoms with van der Waals surface area (Å²) in [6.07, 6.45) is 0.328. The van der Waals surface area contributed by atoms with Crippen molar-refractivity contribution in [3.05, 3.63) is 27.8 Å². The molecule has 0 saturated carbocycles. The van der Waals surface area contributed by atoms with Crippen LogP contribution in [0, 0.1) is 25.2 Å². The van der Waals surface area contributed by atoms with Crippen molar-refractivity contribution in [3.8, 4) is 11.8 Å². The molecule has 3 heteroatoms. The maximum absolute atomic E-state index is 8.68. The van der Waals surface area contributed by atoms with Crippen LogP contribution in [-0.2, 0) is 6.42 Å². The van der Waals surface area contributed by atoms with Crippen LogP contribution in [0.5, 0.6) is 5.75 Å². The van der Waals surface area contributed by atoms with Gasteiger partial charge in [-0.05, 0) is 25.0 Å². The number of halogens is 1. The number of nitrogens with zero attached hydrogens (tertiary/aromatic N) is 1. The predicted octanol–water partition coefficient (Wildman–Crippen LogP) is 3.03. The number of hydrogen-bond donors (Lipinski definition) is 0.